The van der Waals surface area contributed by atoms with Gasteiger partial charge < -0.3 is 10.2 Å². The van der Waals surface area contributed by atoms with Gasteiger partial charge in [-0.25, -0.2) is 9.37 Å². The molecule has 2 heterocycles. The van der Waals surface area contributed by atoms with Crippen LogP contribution in [-0.4, -0.2) is 30.7 Å². The number of anilines is 1. The SMILES string of the molecule is CCN(CC1CCCN1)c1ncc(Br)cc1F. The molecule has 1 atom stereocenters. The van der Waals surface area contributed by atoms with Crippen molar-refractivity contribution < 1.29 is 4.39 Å². The normalized spacial score (nSPS) is 19.6. The second-order valence-electron chi connectivity index (χ2n) is 4.29. The van der Waals surface area contributed by atoms with Gasteiger partial charge in [0.2, 0.25) is 0 Å². The fourth-order valence-electron chi connectivity index (χ4n) is 2.18. The van der Waals surface area contributed by atoms with Crippen molar-refractivity contribution in [1.29, 1.82) is 0 Å². The van der Waals surface area contributed by atoms with Crippen LogP contribution in [0.25, 0.3) is 0 Å². The maximum absolute atomic E-state index is 13.8. The molecule has 1 unspecified atom stereocenters. The molecule has 1 fully saturated rings. The fraction of sp³-hybridized carbons (Fsp3) is 0.583. The second kappa shape index (κ2) is 5.78. The zero-order valence-corrected chi connectivity index (χ0v) is 11.5. The Morgan fingerprint density at radius 3 is 3.06 bits per heavy atom. The summed E-state index contributed by atoms with van der Waals surface area (Å²) in [5.41, 5.74) is 0. The molecule has 5 heteroatoms. The highest BCUT2D eigenvalue weighted by Crippen LogP contribution is 2.21. The molecular formula is C12H17BrFN3. The van der Waals surface area contributed by atoms with E-state index in [1.165, 1.54) is 12.5 Å². The van der Waals surface area contributed by atoms with Crippen molar-refractivity contribution in [1.82, 2.24) is 10.3 Å². The van der Waals surface area contributed by atoms with Crippen molar-refractivity contribution >= 4 is 21.7 Å². The van der Waals surface area contributed by atoms with Crippen molar-refractivity contribution in [2.45, 2.75) is 25.8 Å². The standard InChI is InChI=1S/C12H17BrFN3/c1-2-17(8-10-4-3-5-15-10)12-11(14)6-9(13)7-16-12/h6-7,10,15H,2-5,8H2,1H3. The molecule has 1 saturated heterocycles. The molecule has 3 nitrogen and oxygen atoms in total. The molecular weight excluding hydrogens is 285 g/mol. The van der Waals surface area contributed by atoms with E-state index in [1.807, 2.05) is 11.8 Å². The predicted molar refractivity (Wildman–Crippen MR) is 70.8 cm³/mol. The van der Waals surface area contributed by atoms with Gasteiger partial charge in [0.1, 0.15) is 0 Å². The summed E-state index contributed by atoms with van der Waals surface area (Å²) in [6.07, 6.45) is 4.01. The van der Waals surface area contributed by atoms with Gasteiger partial charge in [0, 0.05) is 29.8 Å². The molecule has 1 aromatic heterocycles. The molecule has 1 aliphatic heterocycles. The molecule has 0 radical (unpaired) electrons. The van der Waals surface area contributed by atoms with Gasteiger partial charge in [-0.15, -0.1) is 0 Å². The first kappa shape index (κ1) is 12.8. The highest BCUT2D eigenvalue weighted by molar-refractivity contribution is 9.10. The summed E-state index contributed by atoms with van der Waals surface area (Å²) in [4.78, 5) is 6.16. The minimum Gasteiger partial charge on any atom is -0.353 e. The summed E-state index contributed by atoms with van der Waals surface area (Å²) in [5.74, 6) is 0.184. The van der Waals surface area contributed by atoms with Crippen molar-refractivity contribution in [3.8, 4) is 0 Å². The van der Waals surface area contributed by atoms with E-state index in [2.05, 4.69) is 26.2 Å². The van der Waals surface area contributed by atoms with Gasteiger partial charge in [0.15, 0.2) is 11.6 Å². The first-order valence-corrected chi connectivity index (χ1v) is 6.79. The maximum atomic E-state index is 13.8. The lowest BCUT2D eigenvalue weighted by atomic mass is 10.2. The largest absolute Gasteiger partial charge is 0.353 e. The molecule has 0 bridgehead atoms. The van der Waals surface area contributed by atoms with Gasteiger partial charge in [-0.3, -0.25) is 0 Å². The maximum Gasteiger partial charge on any atom is 0.166 e. The van der Waals surface area contributed by atoms with E-state index >= 15 is 0 Å². The van der Waals surface area contributed by atoms with Crippen molar-refractivity contribution in [3.63, 3.8) is 0 Å². The molecule has 17 heavy (non-hydrogen) atoms. The number of hydrogen-bond donors (Lipinski definition) is 1. The lowest BCUT2D eigenvalue weighted by molar-refractivity contribution is 0.563. The Labute approximate surface area is 110 Å². The molecule has 0 spiro atoms. The minimum atomic E-state index is -0.265. The molecule has 94 valence electrons. The third kappa shape index (κ3) is 3.16. The van der Waals surface area contributed by atoms with Gasteiger partial charge in [-0.1, -0.05) is 0 Å². The van der Waals surface area contributed by atoms with E-state index in [0.717, 1.165) is 26.1 Å². The van der Waals surface area contributed by atoms with Crippen LogP contribution >= 0.6 is 15.9 Å². The molecule has 1 aromatic rings. The smallest absolute Gasteiger partial charge is 0.166 e. The fourth-order valence-corrected chi connectivity index (χ4v) is 2.49. The Hall–Kier alpha value is -0.680. The van der Waals surface area contributed by atoms with Gasteiger partial charge in [0.05, 0.1) is 0 Å². The lowest BCUT2D eigenvalue weighted by Gasteiger charge is -2.25. The topological polar surface area (TPSA) is 28.2 Å². The molecule has 0 aliphatic carbocycles. The van der Waals surface area contributed by atoms with Crippen LogP contribution in [0.15, 0.2) is 16.7 Å². The quantitative estimate of drug-likeness (QED) is 0.926. The van der Waals surface area contributed by atoms with Crippen LogP contribution in [0.1, 0.15) is 19.8 Å². The molecule has 0 saturated carbocycles. The zero-order chi connectivity index (χ0) is 12.3. The number of likely N-dealkylation sites (N-methyl/N-ethyl adjacent to an activating group) is 1. The monoisotopic (exact) mass is 301 g/mol. The van der Waals surface area contributed by atoms with Gasteiger partial charge in [-0.05, 0) is 48.3 Å². The minimum absolute atomic E-state index is 0.265. The van der Waals surface area contributed by atoms with Gasteiger partial charge in [-0.2, -0.15) is 0 Å². The highest BCUT2D eigenvalue weighted by Gasteiger charge is 2.19. The Morgan fingerprint density at radius 2 is 2.47 bits per heavy atom. The lowest BCUT2D eigenvalue weighted by Crippen LogP contribution is -2.38. The molecule has 0 aromatic carbocycles. The number of nitrogens with one attached hydrogen (secondary N) is 1. The summed E-state index contributed by atoms with van der Waals surface area (Å²) < 4.78 is 14.5. The summed E-state index contributed by atoms with van der Waals surface area (Å²) >= 11 is 3.22. The van der Waals surface area contributed by atoms with Crippen molar-refractivity contribution in [3.05, 3.63) is 22.6 Å². The van der Waals surface area contributed by atoms with E-state index in [1.54, 1.807) is 6.20 Å². The van der Waals surface area contributed by atoms with Crippen LogP contribution in [0, 0.1) is 5.82 Å². The van der Waals surface area contributed by atoms with Gasteiger partial charge in [0.25, 0.3) is 0 Å². The number of pyridine rings is 1. The van der Waals surface area contributed by atoms with E-state index in [9.17, 15) is 4.39 Å². The van der Waals surface area contributed by atoms with Crippen LogP contribution in [0.4, 0.5) is 10.2 Å². The number of aromatic nitrogens is 1. The number of nitrogens with zero attached hydrogens (tertiary/aromatic N) is 2. The summed E-state index contributed by atoms with van der Waals surface area (Å²) in [7, 11) is 0. The third-order valence-corrected chi connectivity index (χ3v) is 3.51. The van der Waals surface area contributed by atoms with Crippen LogP contribution in [0.2, 0.25) is 0 Å². The molecule has 2 rings (SSSR count). The Balaban J connectivity index is 2.10. The second-order valence-corrected chi connectivity index (χ2v) is 5.21. The number of halogens is 2. The first-order chi connectivity index (χ1) is 8.20. The molecule has 1 N–H and O–H groups in total. The van der Waals surface area contributed by atoms with Gasteiger partial charge >= 0.3 is 0 Å². The Bertz CT molecular complexity index is 380. The van der Waals surface area contributed by atoms with E-state index in [-0.39, 0.29) is 5.82 Å². The Kier molecular flexibility index (Phi) is 4.34. The Morgan fingerprint density at radius 1 is 1.65 bits per heavy atom. The summed E-state index contributed by atoms with van der Waals surface area (Å²) in [5, 5.41) is 3.42. The summed E-state index contributed by atoms with van der Waals surface area (Å²) in [6.45, 7) is 4.68. The number of rotatable bonds is 4. The predicted octanol–water partition coefficient (Wildman–Crippen LogP) is 2.56. The van der Waals surface area contributed by atoms with Crippen molar-refractivity contribution in [2.75, 3.05) is 24.5 Å². The van der Waals surface area contributed by atoms with Crippen LogP contribution in [0.5, 0.6) is 0 Å². The van der Waals surface area contributed by atoms with Crippen LogP contribution in [-0.2, 0) is 0 Å². The summed E-state index contributed by atoms with van der Waals surface area (Å²) in [6, 6.07) is 1.92. The molecule has 1 aliphatic rings. The highest BCUT2D eigenvalue weighted by atomic mass is 79.9. The van der Waals surface area contributed by atoms with E-state index in [0.29, 0.717) is 16.3 Å². The number of hydrogen-bond acceptors (Lipinski definition) is 3. The van der Waals surface area contributed by atoms with Crippen molar-refractivity contribution in [2.24, 2.45) is 0 Å². The average Bonchev–Trinajstić information content (AvgIpc) is 2.79. The van der Waals surface area contributed by atoms with Crippen LogP contribution < -0.4 is 10.2 Å². The first-order valence-electron chi connectivity index (χ1n) is 6.00. The molecule has 0 amide bonds. The third-order valence-electron chi connectivity index (χ3n) is 3.07. The van der Waals surface area contributed by atoms with E-state index in [4.69, 9.17) is 0 Å². The average molecular weight is 302 g/mol. The van der Waals surface area contributed by atoms with Crippen LogP contribution in [0.3, 0.4) is 0 Å². The zero-order valence-electron chi connectivity index (χ0n) is 9.92. The van der Waals surface area contributed by atoms with E-state index < -0.39 is 0 Å².